The summed E-state index contributed by atoms with van der Waals surface area (Å²) in [6.45, 7) is 2.12. The molecule has 1 heterocycles. The molecule has 0 bridgehead atoms. The average molecular weight is 276 g/mol. The lowest BCUT2D eigenvalue weighted by Gasteiger charge is -2.09. The first-order chi connectivity index (χ1) is 7.55. The predicted molar refractivity (Wildman–Crippen MR) is 71.5 cm³/mol. The Morgan fingerprint density at radius 3 is 2.76 bits per heavy atom. The molecule has 0 amide bonds. The Bertz CT molecular complexity index is 467. The third kappa shape index (κ3) is 3.98. The Morgan fingerprint density at radius 2 is 2.18 bits per heavy atom. The van der Waals surface area contributed by atoms with Crippen LogP contribution in [-0.4, -0.2) is 27.8 Å². The summed E-state index contributed by atoms with van der Waals surface area (Å²) in [5, 5.41) is 3.32. The van der Waals surface area contributed by atoms with Crippen molar-refractivity contribution in [2.24, 2.45) is 5.92 Å². The fourth-order valence-corrected chi connectivity index (χ4v) is 2.82. The normalized spacial score (nSPS) is 19.9. The fourth-order valence-electron chi connectivity index (χ4n) is 2.13. The number of hydrogen-bond donors (Lipinski definition) is 1. The van der Waals surface area contributed by atoms with E-state index in [0.29, 0.717) is 10.8 Å². The molecule has 0 aliphatic carbocycles. The van der Waals surface area contributed by atoms with Crippen LogP contribution < -0.4 is 5.32 Å². The molecule has 1 atom stereocenters. The molecule has 0 radical (unpaired) electrons. The molecule has 1 aliphatic heterocycles. The van der Waals surface area contributed by atoms with Gasteiger partial charge in [-0.25, -0.2) is 8.42 Å². The van der Waals surface area contributed by atoms with Crippen molar-refractivity contribution in [2.45, 2.75) is 17.7 Å². The van der Waals surface area contributed by atoms with E-state index in [1.165, 1.54) is 12.7 Å². The summed E-state index contributed by atoms with van der Waals surface area (Å²) in [5.74, 6) is 0.648. The Morgan fingerprint density at radius 1 is 1.41 bits per heavy atom. The number of rotatable bonds is 3. The quantitative estimate of drug-likeness (QED) is 0.913. The van der Waals surface area contributed by atoms with Crippen molar-refractivity contribution in [3.63, 3.8) is 0 Å². The smallest absolute Gasteiger partial charge is 0.175 e. The lowest BCUT2D eigenvalue weighted by Crippen LogP contribution is -2.11. The molecule has 1 N–H and O–H groups in total. The topological polar surface area (TPSA) is 46.2 Å². The van der Waals surface area contributed by atoms with Gasteiger partial charge in [0.05, 0.1) is 4.90 Å². The van der Waals surface area contributed by atoms with Crippen molar-refractivity contribution >= 4 is 22.2 Å². The highest BCUT2D eigenvalue weighted by molar-refractivity contribution is 7.90. The van der Waals surface area contributed by atoms with Gasteiger partial charge in [-0.2, -0.15) is 0 Å². The van der Waals surface area contributed by atoms with Gasteiger partial charge in [-0.1, -0.05) is 12.1 Å². The zero-order chi connectivity index (χ0) is 11.6. The summed E-state index contributed by atoms with van der Waals surface area (Å²) in [5.41, 5.74) is 1.12. The molecule has 17 heavy (non-hydrogen) atoms. The monoisotopic (exact) mass is 275 g/mol. The molecule has 1 saturated heterocycles. The van der Waals surface area contributed by atoms with Gasteiger partial charge in [0.25, 0.3) is 0 Å². The molecule has 1 fully saturated rings. The molecule has 0 spiro atoms. The number of benzene rings is 1. The Labute approximate surface area is 109 Å². The van der Waals surface area contributed by atoms with Gasteiger partial charge in [0.15, 0.2) is 9.84 Å². The van der Waals surface area contributed by atoms with E-state index < -0.39 is 9.84 Å². The maximum Gasteiger partial charge on any atom is 0.175 e. The number of halogens is 1. The standard InChI is InChI=1S/C12H17NO2S.ClH/c1-16(14,15)12-4-2-3-10(8-12)7-11-5-6-13-9-11;/h2-4,8,11,13H,5-7,9H2,1H3;1H. The van der Waals surface area contributed by atoms with Gasteiger partial charge < -0.3 is 5.32 Å². The van der Waals surface area contributed by atoms with Crippen LogP contribution in [0.25, 0.3) is 0 Å². The second kappa shape index (κ2) is 5.85. The average Bonchev–Trinajstić information content (AvgIpc) is 2.70. The van der Waals surface area contributed by atoms with Crippen molar-refractivity contribution in [3.8, 4) is 0 Å². The lowest BCUT2D eigenvalue weighted by molar-refractivity contribution is 0.578. The van der Waals surface area contributed by atoms with E-state index in [1.807, 2.05) is 12.1 Å². The third-order valence-electron chi connectivity index (χ3n) is 3.01. The maximum absolute atomic E-state index is 11.4. The lowest BCUT2D eigenvalue weighted by atomic mass is 9.99. The van der Waals surface area contributed by atoms with Crippen molar-refractivity contribution < 1.29 is 8.42 Å². The molecular weight excluding hydrogens is 258 g/mol. The summed E-state index contributed by atoms with van der Waals surface area (Å²) in [7, 11) is -3.07. The minimum atomic E-state index is -3.07. The van der Waals surface area contributed by atoms with E-state index >= 15 is 0 Å². The van der Waals surface area contributed by atoms with Gasteiger partial charge in [0, 0.05) is 6.26 Å². The van der Waals surface area contributed by atoms with Gasteiger partial charge in [-0.05, 0) is 49.5 Å². The van der Waals surface area contributed by atoms with Crippen molar-refractivity contribution in [2.75, 3.05) is 19.3 Å². The number of sulfone groups is 1. The number of nitrogens with one attached hydrogen (secondary N) is 1. The molecule has 0 saturated carbocycles. The highest BCUT2D eigenvalue weighted by Crippen LogP contribution is 2.18. The zero-order valence-corrected chi connectivity index (χ0v) is 11.5. The van der Waals surface area contributed by atoms with Gasteiger partial charge >= 0.3 is 0 Å². The van der Waals surface area contributed by atoms with Crippen molar-refractivity contribution in [3.05, 3.63) is 29.8 Å². The molecule has 1 aliphatic rings. The van der Waals surface area contributed by atoms with Crippen LogP contribution in [0.4, 0.5) is 0 Å². The summed E-state index contributed by atoms with van der Waals surface area (Å²) in [6.07, 6.45) is 3.41. The molecule has 1 unspecified atom stereocenters. The van der Waals surface area contributed by atoms with E-state index in [4.69, 9.17) is 0 Å². The minimum Gasteiger partial charge on any atom is -0.316 e. The molecule has 5 heteroatoms. The maximum atomic E-state index is 11.4. The first-order valence-corrected chi connectivity index (χ1v) is 7.44. The third-order valence-corrected chi connectivity index (χ3v) is 4.12. The van der Waals surface area contributed by atoms with E-state index in [-0.39, 0.29) is 12.4 Å². The molecule has 2 rings (SSSR count). The second-order valence-corrected chi connectivity index (χ2v) is 6.50. The molecular formula is C12H18ClNO2S. The summed E-state index contributed by atoms with van der Waals surface area (Å²) in [4.78, 5) is 0.427. The van der Waals surface area contributed by atoms with Crippen LogP contribution in [0.3, 0.4) is 0 Å². The summed E-state index contributed by atoms with van der Waals surface area (Å²) in [6, 6.07) is 7.29. The van der Waals surface area contributed by atoms with Crippen LogP contribution in [0, 0.1) is 5.92 Å². The Hall–Kier alpha value is -0.580. The van der Waals surface area contributed by atoms with E-state index in [1.54, 1.807) is 12.1 Å². The van der Waals surface area contributed by atoms with Crippen LogP contribution >= 0.6 is 12.4 Å². The fraction of sp³-hybridized carbons (Fsp3) is 0.500. The van der Waals surface area contributed by atoms with Crippen LogP contribution in [0.2, 0.25) is 0 Å². The first-order valence-electron chi connectivity index (χ1n) is 5.55. The summed E-state index contributed by atoms with van der Waals surface area (Å²) >= 11 is 0. The van der Waals surface area contributed by atoms with Crippen LogP contribution in [0.5, 0.6) is 0 Å². The van der Waals surface area contributed by atoms with E-state index in [2.05, 4.69) is 5.32 Å². The van der Waals surface area contributed by atoms with E-state index in [0.717, 1.165) is 25.1 Å². The Kier molecular flexibility index (Phi) is 4.98. The van der Waals surface area contributed by atoms with Crippen LogP contribution in [0.15, 0.2) is 29.2 Å². The molecule has 96 valence electrons. The van der Waals surface area contributed by atoms with Crippen LogP contribution in [0.1, 0.15) is 12.0 Å². The van der Waals surface area contributed by atoms with Gasteiger partial charge in [-0.15, -0.1) is 12.4 Å². The van der Waals surface area contributed by atoms with E-state index in [9.17, 15) is 8.42 Å². The predicted octanol–water partition coefficient (Wildman–Crippen LogP) is 1.66. The van der Waals surface area contributed by atoms with Crippen LogP contribution in [-0.2, 0) is 16.3 Å². The van der Waals surface area contributed by atoms with Gasteiger partial charge in [0.1, 0.15) is 0 Å². The van der Waals surface area contributed by atoms with Crippen molar-refractivity contribution in [1.29, 1.82) is 0 Å². The molecule has 1 aromatic rings. The highest BCUT2D eigenvalue weighted by atomic mass is 35.5. The number of hydrogen-bond acceptors (Lipinski definition) is 3. The molecule has 3 nitrogen and oxygen atoms in total. The zero-order valence-electron chi connectivity index (χ0n) is 9.85. The Balaban J connectivity index is 0.00000144. The minimum absolute atomic E-state index is 0. The highest BCUT2D eigenvalue weighted by Gasteiger charge is 2.15. The second-order valence-electron chi connectivity index (χ2n) is 4.48. The molecule has 0 aromatic heterocycles. The van der Waals surface area contributed by atoms with Gasteiger partial charge in [0.2, 0.25) is 0 Å². The SMILES string of the molecule is CS(=O)(=O)c1cccc(CC2CCNC2)c1.Cl. The first kappa shape index (κ1) is 14.5. The summed E-state index contributed by atoms with van der Waals surface area (Å²) < 4.78 is 22.8. The van der Waals surface area contributed by atoms with Crippen molar-refractivity contribution in [1.82, 2.24) is 5.32 Å². The van der Waals surface area contributed by atoms with Gasteiger partial charge in [-0.3, -0.25) is 0 Å². The largest absolute Gasteiger partial charge is 0.316 e. The molecule has 1 aromatic carbocycles.